The number of ether oxygens (including phenoxy) is 1. The summed E-state index contributed by atoms with van der Waals surface area (Å²) in [4.78, 5) is 16.3. The van der Waals surface area contributed by atoms with Crippen molar-refractivity contribution in [2.75, 3.05) is 46.4 Å². The number of nitrogens with zero attached hydrogens (tertiary/aromatic N) is 2. The molecule has 0 bridgehead atoms. The zero-order chi connectivity index (χ0) is 14.7. The van der Waals surface area contributed by atoms with Crippen LogP contribution in [0.2, 0.25) is 0 Å². The van der Waals surface area contributed by atoms with Gasteiger partial charge in [0.05, 0.1) is 6.04 Å². The summed E-state index contributed by atoms with van der Waals surface area (Å²) in [5.41, 5.74) is 5.88. The molecule has 5 nitrogen and oxygen atoms in total. The topological polar surface area (TPSA) is 58.8 Å². The molecule has 0 saturated heterocycles. The third kappa shape index (κ3) is 7.50. The fraction of sp³-hybridized carbons (Fsp3) is 0.929. The molecule has 19 heavy (non-hydrogen) atoms. The molecule has 0 aromatic heterocycles. The molecule has 0 aliphatic rings. The van der Waals surface area contributed by atoms with Gasteiger partial charge in [-0.15, -0.1) is 0 Å². The van der Waals surface area contributed by atoms with E-state index in [4.69, 9.17) is 10.5 Å². The highest BCUT2D eigenvalue weighted by Crippen LogP contribution is 2.01. The van der Waals surface area contributed by atoms with E-state index in [0.29, 0.717) is 13.0 Å². The lowest BCUT2D eigenvalue weighted by atomic mass is 10.2. The van der Waals surface area contributed by atoms with Crippen molar-refractivity contribution < 1.29 is 9.53 Å². The Hall–Kier alpha value is -0.650. The highest BCUT2D eigenvalue weighted by molar-refractivity contribution is 5.81. The van der Waals surface area contributed by atoms with Crippen LogP contribution in [0.1, 0.15) is 33.6 Å². The largest absolute Gasteiger partial charge is 0.385 e. The molecule has 0 aliphatic heterocycles. The van der Waals surface area contributed by atoms with Gasteiger partial charge in [0.2, 0.25) is 5.91 Å². The molecule has 0 radical (unpaired) electrons. The van der Waals surface area contributed by atoms with Crippen molar-refractivity contribution in [2.45, 2.75) is 39.7 Å². The summed E-state index contributed by atoms with van der Waals surface area (Å²) >= 11 is 0. The third-order valence-corrected chi connectivity index (χ3v) is 3.44. The minimum atomic E-state index is -0.437. The van der Waals surface area contributed by atoms with Crippen LogP contribution in [0.5, 0.6) is 0 Å². The molecule has 2 N–H and O–H groups in total. The SMILES string of the molecule is CCN(CC)CCCN(CC)C(=O)C(N)CCOC. The normalized spacial score (nSPS) is 12.7. The highest BCUT2D eigenvalue weighted by Gasteiger charge is 2.19. The first-order chi connectivity index (χ1) is 9.10. The quantitative estimate of drug-likeness (QED) is 0.608. The van der Waals surface area contributed by atoms with Crippen LogP contribution in [-0.4, -0.2) is 68.2 Å². The van der Waals surface area contributed by atoms with Crippen molar-refractivity contribution in [3.05, 3.63) is 0 Å². The van der Waals surface area contributed by atoms with Gasteiger partial charge in [-0.3, -0.25) is 4.79 Å². The van der Waals surface area contributed by atoms with Crippen molar-refractivity contribution in [2.24, 2.45) is 5.73 Å². The molecule has 5 heteroatoms. The zero-order valence-corrected chi connectivity index (χ0v) is 13.0. The van der Waals surface area contributed by atoms with Gasteiger partial charge in [-0.2, -0.15) is 0 Å². The second kappa shape index (κ2) is 11.2. The molecule has 0 heterocycles. The van der Waals surface area contributed by atoms with Crippen LogP contribution in [0.15, 0.2) is 0 Å². The number of hydrogen-bond donors (Lipinski definition) is 1. The first kappa shape index (κ1) is 18.4. The Balaban J connectivity index is 4.07. The van der Waals surface area contributed by atoms with E-state index < -0.39 is 6.04 Å². The van der Waals surface area contributed by atoms with Crippen molar-refractivity contribution in [1.82, 2.24) is 9.80 Å². The number of carbonyl (C=O) groups is 1. The van der Waals surface area contributed by atoms with Gasteiger partial charge in [-0.25, -0.2) is 0 Å². The maximum Gasteiger partial charge on any atom is 0.239 e. The third-order valence-electron chi connectivity index (χ3n) is 3.44. The summed E-state index contributed by atoms with van der Waals surface area (Å²) < 4.78 is 4.96. The van der Waals surface area contributed by atoms with E-state index >= 15 is 0 Å². The molecule has 1 unspecified atom stereocenters. The Morgan fingerprint density at radius 2 is 1.79 bits per heavy atom. The van der Waals surface area contributed by atoms with Gasteiger partial charge in [0.1, 0.15) is 0 Å². The summed E-state index contributed by atoms with van der Waals surface area (Å²) in [6.07, 6.45) is 1.58. The minimum absolute atomic E-state index is 0.0408. The molecule has 0 aromatic rings. The lowest BCUT2D eigenvalue weighted by molar-refractivity contribution is -0.132. The van der Waals surface area contributed by atoms with Gasteiger partial charge in [-0.05, 0) is 39.4 Å². The molecule has 0 aliphatic carbocycles. The highest BCUT2D eigenvalue weighted by atomic mass is 16.5. The maximum absolute atomic E-state index is 12.1. The van der Waals surface area contributed by atoms with Gasteiger partial charge in [0, 0.05) is 26.8 Å². The lowest BCUT2D eigenvalue weighted by Gasteiger charge is -2.26. The number of rotatable bonds is 11. The molecule has 0 fully saturated rings. The molecule has 0 saturated carbocycles. The fourth-order valence-electron chi connectivity index (χ4n) is 2.05. The lowest BCUT2D eigenvalue weighted by Crippen LogP contribution is -2.45. The van der Waals surface area contributed by atoms with Crippen LogP contribution < -0.4 is 5.73 Å². The average Bonchev–Trinajstić information content (AvgIpc) is 2.44. The second-order valence-electron chi connectivity index (χ2n) is 4.69. The van der Waals surface area contributed by atoms with E-state index in [-0.39, 0.29) is 5.91 Å². The second-order valence-corrected chi connectivity index (χ2v) is 4.69. The van der Waals surface area contributed by atoms with E-state index in [1.807, 2.05) is 11.8 Å². The summed E-state index contributed by atoms with van der Waals surface area (Å²) in [5.74, 6) is 0.0408. The van der Waals surface area contributed by atoms with Crippen molar-refractivity contribution >= 4 is 5.91 Å². The Bertz CT molecular complexity index is 233. The van der Waals surface area contributed by atoms with E-state index in [2.05, 4.69) is 18.7 Å². The molecule has 0 rings (SSSR count). The average molecular weight is 273 g/mol. The molecular weight excluding hydrogens is 242 g/mol. The van der Waals surface area contributed by atoms with Crippen molar-refractivity contribution in [3.63, 3.8) is 0 Å². The first-order valence-electron chi connectivity index (χ1n) is 7.36. The smallest absolute Gasteiger partial charge is 0.239 e. The Kier molecular flexibility index (Phi) is 10.8. The number of methoxy groups -OCH3 is 1. The molecule has 114 valence electrons. The van der Waals surface area contributed by atoms with Crippen LogP contribution >= 0.6 is 0 Å². The number of amides is 1. The predicted octanol–water partition coefficient (Wildman–Crippen LogP) is 0.931. The van der Waals surface area contributed by atoms with Crippen molar-refractivity contribution in [3.8, 4) is 0 Å². The summed E-state index contributed by atoms with van der Waals surface area (Å²) in [6, 6.07) is -0.437. The van der Waals surface area contributed by atoms with Gasteiger partial charge in [0.15, 0.2) is 0 Å². The molecule has 1 amide bonds. The van der Waals surface area contributed by atoms with Gasteiger partial charge < -0.3 is 20.3 Å². The van der Waals surface area contributed by atoms with Gasteiger partial charge in [0.25, 0.3) is 0 Å². The number of nitrogens with two attached hydrogens (primary N) is 1. The minimum Gasteiger partial charge on any atom is -0.385 e. The number of carbonyl (C=O) groups excluding carboxylic acids is 1. The van der Waals surface area contributed by atoms with E-state index in [1.165, 1.54) is 0 Å². The van der Waals surface area contributed by atoms with Crippen LogP contribution in [0, 0.1) is 0 Å². The van der Waals surface area contributed by atoms with Gasteiger partial charge >= 0.3 is 0 Å². The van der Waals surface area contributed by atoms with E-state index in [1.54, 1.807) is 7.11 Å². The maximum atomic E-state index is 12.1. The Morgan fingerprint density at radius 3 is 2.26 bits per heavy atom. The van der Waals surface area contributed by atoms with Crippen LogP contribution in [0.25, 0.3) is 0 Å². The first-order valence-corrected chi connectivity index (χ1v) is 7.36. The van der Waals surface area contributed by atoms with Crippen LogP contribution in [0.3, 0.4) is 0 Å². The molecular formula is C14H31N3O2. The predicted molar refractivity (Wildman–Crippen MR) is 79.1 cm³/mol. The van der Waals surface area contributed by atoms with Crippen molar-refractivity contribution in [1.29, 1.82) is 0 Å². The van der Waals surface area contributed by atoms with E-state index in [9.17, 15) is 4.79 Å². The zero-order valence-electron chi connectivity index (χ0n) is 13.0. The molecule has 1 atom stereocenters. The number of hydrogen-bond acceptors (Lipinski definition) is 4. The Morgan fingerprint density at radius 1 is 1.16 bits per heavy atom. The number of likely N-dealkylation sites (N-methyl/N-ethyl adjacent to an activating group) is 1. The summed E-state index contributed by atoms with van der Waals surface area (Å²) in [7, 11) is 1.62. The summed E-state index contributed by atoms with van der Waals surface area (Å²) in [6.45, 7) is 11.5. The summed E-state index contributed by atoms with van der Waals surface area (Å²) in [5, 5.41) is 0. The van der Waals surface area contributed by atoms with E-state index in [0.717, 1.165) is 39.1 Å². The van der Waals surface area contributed by atoms with Crippen LogP contribution in [0.4, 0.5) is 0 Å². The van der Waals surface area contributed by atoms with Gasteiger partial charge in [-0.1, -0.05) is 13.8 Å². The fourth-order valence-corrected chi connectivity index (χ4v) is 2.05. The standard InChI is InChI=1S/C14H31N3O2/c1-5-16(6-2)10-8-11-17(7-3)14(18)13(15)9-12-19-4/h13H,5-12,15H2,1-4H3. The molecule has 0 spiro atoms. The monoisotopic (exact) mass is 273 g/mol. The Labute approximate surface area is 118 Å². The molecule has 0 aromatic carbocycles. The van der Waals surface area contributed by atoms with Crippen LogP contribution in [-0.2, 0) is 9.53 Å².